The van der Waals surface area contributed by atoms with Crippen molar-refractivity contribution in [1.29, 1.82) is 0 Å². The predicted octanol–water partition coefficient (Wildman–Crippen LogP) is 3.38. The topological polar surface area (TPSA) is 42.1 Å². The molecule has 20 heavy (non-hydrogen) atoms. The van der Waals surface area contributed by atoms with Gasteiger partial charge in [-0.2, -0.15) is 0 Å². The molecule has 1 atom stereocenters. The lowest BCUT2D eigenvalue weighted by atomic mass is 9.75. The number of nitrogens with two attached hydrogens (primary N) is 1. The minimum atomic E-state index is 0.195. The van der Waals surface area contributed by atoms with Crippen LogP contribution in [-0.4, -0.2) is 24.1 Å². The van der Waals surface area contributed by atoms with Crippen molar-refractivity contribution in [3.8, 4) is 0 Å². The number of aromatic nitrogens is 1. The summed E-state index contributed by atoms with van der Waals surface area (Å²) in [6, 6.07) is 5.13. The molecule has 1 aromatic rings. The van der Waals surface area contributed by atoms with E-state index >= 15 is 0 Å². The van der Waals surface area contributed by atoms with Crippen LogP contribution in [0.3, 0.4) is 0 Å². The van der Waals surface area contributed by atoms with Crippen molar-refractivity contribution in [3.05, 3.63) is 23.9 Å². The van der Waals surface area contributed by atoms with E-state index in [2.05, 4.69) is 42.9 Å². The van der Waals surface area contributed by atoms with Crippen LogP contribution >= 0.6 is 0 Å². The van der Waals surface area contributed by atoms with Gasteiger partial charge in [-0.3, -0.25) is 0 Å². The van der Waals surface area contributed by atoms with Crippen molar-refractivity contribution in [2.45, 2.75) is 65.0 Å². The van der Waals surface area contributed by atoms with Crippen LogP contribution in [-0.2, 0) is 6.42 Å². The average Bonchev–Trinajstić information content (AvgIpc) is 2.38. The van der Waals surface area contributed by atoms with Crippen LogP contribution in [0, 0.1) is 5.41 Å². The SMILES string of the molecule is CC(N)Cc1ccc(N(C)C2CCC(C)(C)CC2)nc1. The van der Waals surface area contributed by atoms with Crippen LogP contribution < -0.4 is 10.6 Å². The van der Waals surface area contributed by atoms with Gasteiger partial charge in [-0.15, -0.1) is 0 Å². The van der Waals surface area contributed by atoms with Crippen molar-refractivity contribution in [2.75, 3.05) is 11.9 Å². The van der Waals surface area contributed by atoms with E-state index in [1.54, 1.807) is 0 Å². The lowest BCUT2D eigenvalue weighted by molar-refractivity contribution is 0.222. The van der Waals surface area contributed by atoms with E-state index in [4.69, 9.17) is 5.73 Å². The Morgan fingerprint density at radius 3 is 2.50 bits per heavy atom. The zero-order valence-electron chi connectivity index (χ0n) is 13.4. The minimum absolute atomic E-state index is 0.195. The summed E-state index contributed by atoms with van der Waals surface area (Å²) in [5, 5.41) is 0. The van der Waals surface area contributed by atoms with E-state index in [0.717, 1.165) is 12.2 Å². The van der Waals surface area contributed by atoms with E-state index in [1.807, 2.05) is 13.1 Å². The maximum absolute atomic E-state index is 5.83. The first kappa shape index (κ1) is 15.3. The summed E-state index contributed by atoms with van der Waals surface area (Å²) in [6.45, 7) is 6.79. The maximum atomic E-state index is 5.83. The highest BCUT2D eigenvalue weighted by molar-refractivity contribution is 5.39. The summed E-state index contributed by atoms with van der Waals surface area (Å²) in [5.74, 6) is 1.09. The smallest absolute Gasteiger partial charge is 0.128 e. The summed E-state index contributed by atoms with van der Waals surface area (Å²) in [7, 11) is 2.18. The first-order valence-corrected chi connectivity index (χ1v) is 7.81. The Morgan fingerprint density at radius 2 is 2.00 bits per heavy atom. The average molecular weight is 275 g/mol. The Kier molecular flexibility index (Phi) is 4.69. The first-order chi connectivity index (χ1) is 9.37. The fourth-order valence-corrected chi connectivity index (χ4v) is 3.08. The van der Waals surface area contributed by atoms with Crippen LogP contribution in [0.5, 0.6) is 0 Å². The quantitative estimate of drug-likeness (QED) is 0.916. The lowest BCUT2D eigenvalue weighted by Gasteiger charge is -2.39. The van der Waals surface area contributed by atoms with Crippen molar-refractivity contribution >= 4 is 5.82 Å². The van der Waals surface area contributed by atoms with Crippen molar-refractivity contribution < 1.29 is 0 Å². The first-order valence-electron chi connectivity index (χ1n) is 7.81. The van der Waals surface area contributed by atoms with Crippen molar-refractivity contribution in [3.63, 3.8) is 0 Å². The number of hydrogen-bond acceptors (Lipinski definition) is 3. The molecule has 0 saturated heterocycles. The summed E-state index contributed by atoms with van der Waals surface area (Å²) in [6.07, 6.45) is 8.03. The van der Waals surface area contributed by atoms with Gasteiger partial charge < -0.3 is 10.6 Å². The van der Waals surface area contributed by atoms with Gasteiger partial charge in [0.15, 0.2) is 0 Å². The van der Waals surface area contributed by atoms with Gasteiger partial charge in [-0.1, -0.05) is 19.9 Å². The van der Waals surface area contributed by atoms with Crippen LogP contribution in [0.1, 0.15) is 52.0 Å². The third-order valence-corrected chi connectivity index (χ3v) is 4.58. The molecule has 1 fully saturated rings. The maximum Gasteiger partial charge on any atom is 0.128 e. The summed E-state index contributed by atoms with van der Waals surface area (Å²) < 4.78 is 0. The molecule has 1 aromatic heterocycles. The van der Waals surface area contributed by atoms with Crippen LogP contribution in [0.4, 0.5) is 5.82 Å². The molecular formula is C17H29N3. The van der Waals surface area contributed by atoms with Gasteiger partial charge in [0, 0.05) is 25.3 Å². The fraction of sp³-hybridized carbons (Fsp3) is 0.706. The zero-order chi connectivity index (χ0) is 14.8. The molecule has 1 aliphatic rings. The highest BCUT2D eigenvalue weighted by atomic mass is 15.2. The Morgan fingerprint density at radius 1 is 1.35 bits per heavy atom. The third-order valence-electron chi connectivity index (χ3n) is 4.58. The molecule has 1 aliphatic carbocycles. The Labute approximate surface area is 123 Å². The molecule has 0 aromatic carbocycles. The second kappa shape index (κ2) is 6.13. The standard InChI is InChI=1S/C17H29N3/c1-13(18)11-14-5-6-16(19-12-14)20(4)15-7-9-17(2,3)10-8-15/h5-6,12-13,15H,7-11,18H2,1-4H3. The molecule has 1 unspecified atom stereocenters. The van der Waals surface area contributed by atoms with Crippen molar-refractivity contribution in [1.82, 2.24) is 4.98 Å². The molecule has 0 aliphatic heterocycles. The number of pyridine rings is 1. The van der Waals surface area contributed by atoms with Crippen LogP contribution in [0.25, 0.3) is 0 Å². The number of hydrogen-bond donors (Lipinski definition) is 1. The molecule has 0 bridgehead atoms. The normalized spacial score (nSPS) is 20.6. The second-order valence-electron chi connectivity index (χ2n) is 7.21. The summed E-state index contributed by atoms with van der Waals surface area (Å²) in [5.41, 5.74) is 7.57. The van der Waals surface area contributed by atoms with Gasteiger partial charge in [0.1, 0.15) is 5.82 Å². The van der Waals surface area contributed by atoms with E-state index < -0.39 is 0 Å². The molecular weight excluding hydrogens is 246 g/mol. The number of rotatable bonds is 4. The molecule has 112 valence electrons. The van der Waals surface area contributed by atoms with Gasteiger partial charge in [0.05, 0.1) is 0 Å². The van der Waals surface area contributed by atoms with Crippen LogP contribution in [0.15, 0.2) is 18.3 Å². The minimum Gasteiger partial charge on any atom is -0.357 e. The lowest BCUT2D eigenvalue weighted by Crippen LogP contribution is -2.37. The predicted molar refractivity (Wildman–Crippen MR) is 86.0 cm³/mol. The molecule has 3 heteroatoms. The van der Waals surface area contributed by atoms with E-state index in [-0.39, 0.29) is 6.04 Å². The monoisotopic (exact) mass is 275 g/mol. The molecule has 2 N–H and O–H groups in total. The molecule has 3 nitrogen and oxygen atoms in total. The zero-order valence-corrected chi connectivity index (χ0v) is 13.4. The Bertz CT molecular complexity index is 412. The second-order valence-corrected chi connectivity index (χ2v) is 7.21. The van der Waals surface area contributed by atoms with Crippen LogP contribution in [0.2, 0.25) is 0 Å². The van der Waals surface area contributed by atoms with Gasteiger partial charge >= 0.3 is 0 Å². The molecule has 0 radical (unpaired) electrons. The van der Waals surface area contributed by atoms with Gasteiger partial charge in [-0.25, -0.2) is 4.98 Å². The molecule has 0 amide bonds. The molecule has 1 heterocycles. The summed E-state index contributed by atoms with van der Waals surface area (Å²) in [4.78, 5) is 6.97. The number of nitrogens with zero attached hydrogens (tertiary/aromatic N) is 2. The van der Waals surface area contributed by atoms with Gasteiger partial charge in [0.25, 0.3) is 0 Å². The largest absolute Gasteiger partial charge is 0.357 e. The summed E-state index contributed by atoms with van der Waals surface area (Å²) >= 11 is 0. The highest BCUT2D eigenvalue weighted by Crippen LogP contribution is 2.37. The van der Waals surface area contributed by atoms with E-state index in [0.29, 0.717) is 11.5 Å². The Hall–Kier alpha value is -1.09. The van der Waals surface area contributed by atoms with Crippen molar-refractivity contribution in [2.24, 2.45) is 11.1 Å². The van der Waals surface area contributed by atoms with Gasteiger partial charge in [-0.05, 0) is 56.1 Å². The molecule has 1 saturated carbocycles. The fourth-order valence-electron chi connectivity index (χ4n) is 3.08. The highest BCUT2D eigenvalue weighted by Gasteiger charge is 2.29. The Balaban J connectivity index is 1.97. The third kappa shape index (κ3) is 3.95. The van der Waals surface area contributed by atoms with E-state index in [1.165, 1.54) is 31.2 Å². The van der Waals surface area contributed by atoms with E-state index in [9.17, 15) is 0 Å². The number of anilines is 1. The van der Waals surface area contributed by atoms with Gasteiger partial charge in [0.2, 0.25) is 0 Å². The molecule has 0 spiro atoms. The molecule has 2 rings (SSSR count).